The lowest BCUT2D eigenvalue weighted by molar-refractivity contribution is -0.119. The zero-order valence-corrected chi connectivity index (χ0v) is 20.3. The molecule has 170 valence electrons. The first-order chi connectivity index (χ1) is 15.6. The van der Waals surface area contributed by atoms with E-state index in [2.05, 4.69) is 12.2 Å². The minimum atomic E-state index is -0.113. The first kappa shape index (κ1) is 23.2. The summed E-state index contributed by atoms with van der Waals surface area (Å²) in [7, 11) is 0. The molecule has 0 bridgehead atoms. The number of thioether (sulfide) groups is 2. The van der Waals surface area contributed by atoms with E-state index < -0.39 is 0 Å². The van der Waals surface area contributed by atoms with Gasteiger partial charge in [-0.2, -0.15) is 0 Å². The average molecular weight is 470 g/mol. The van der Waals surface area contributed by atoms with E-state index in [0.717, 1.165) is 31.4 Å². The van der Waals surface area contributed by atoms with Crippen LogP contribution in [0.25, 0.3) is 5.69 Å². The Morgan fingerprint density at radius 3 is 2.59 bits per heavy atom. The number of rotatable bonds is 7. The molecule has 1 fully saturated rings. The first-order valence-electron chi connectivity index (χ1n) is 11.6. The maximum absolute atomic E-state index is 13.1. The fourth-order valence-electron chi connectivity index (χ4n) is 4.34. The number of hydrogen-bond acceptors (Lipinski definition) is 5. The van der Waals surface area contributed by atoms with Gasteiger partial charge in [-0.05, 0) is 62.5 Å². The Labute approximate surface area is 198 Å². The third kappa shape index (κ3) is 6.07. The topological polar surface area (TPSA) is 64.0 Å². The molecule has 2 aliphatic rings. The third-order valence-corrected chi connectivity index (χ3v) is 8.25. The minimum absolute atomic E-state index is 0.0136. The van der Waals surface area contributed by atoms with Gasteiger partial charge in [-0.3, -0.25) is 14.2 Å². The Morgan fingerprint density at radius 2 is 1.84 bits per heavy atom. The Hall–Kier alpha value is -1.99. The second-order valence-corrected chi connectivity index (χ2v) is 10.6. The van der Waals surface area contributed by atoms with Gasteiger partial charge >= 0.3 is 0 Å². The smallest absolute Gasteiger partial charge is 0.259 e. The molecule has 2 aliphatic carbocycles. The third-order valence-electron chi connectivity index (χ3n) is 6.09. The summed E-state index contributed by atoms with van der Waals surface area (Å²) in [6.45, 7) is 2.18. The van der Waals surface area contributed by atoms with E-state index >= 15 is 0 Å². The van der Waals surface area contributed by atoms with Gasteiger partial charge in [0.15, 0.2) is 5.16 Å². The molecule has 1 heterocycles. The molecule has 5 nitrogen and oxygen atoms in total. The summed E-state index contributed by atoms with van der Waals surface area (Å²) in [5, 5.41) is 4.45. The number of para-hydroxylation sites is 1. The monoisotopic (exact) mass is 469 g/mol. The van der Waals surface area contributed by atoms with Crippen molar-refractivity contribution >= 4 is 29.4 Å². The summed E-state index contributed by atoms with van der Waals surface area (Å²) in [6.07, 6.45) is 10.3. The van der Waals surface area contributed by atoms with Gasteiger partial charge in [0, 0.05) is 12.1 Å². The van der Waals surface area contributed by atoms with E-state index in [1.165, 1.54) is 54.3 Å². The van der Waals surface area contributed by atoms with E-state index in [4.69, 9.17) is 4.98 Å². The highest BCUT2D eigenvalue weighted by atomic mass is 32.2. The number of allylic oxidation sites excluding steroid dienone is 2. The fourth-order valence-corrected chi connectivity index (χ4v) is 6.30. The first-order valence-corrected chi connectivity index (χ1v) is 13.4. The number of carbonyl (C=O) groups is 1. The molecule has 1 aromatic heterocycles. The van der Waals surface area contributed by atoms with Gasteiger partial charge < -0.3 is 5.32 Å². The molecule has 0 spiro atoms. The van der Waals surface area contributed by atoms with E-state index in [0.29, 0.717) is 10.2 Å². The Balaban J connectivity index is 1.56. The van der Waals surface area contributed by atoms with Crippen molar-refractivity contribution in [3.05, 3.63) is 57.2 Å². The lowest BCUT2D eigenvalue weighted by atomic mass is 9.95. The highest BCUT2D eigenvalue weighted by Gasteiger charge is 2.19. The average Bonchev–Trinajstić information content (AvgIpc) is 2.80. The number of benzene rings is 1. The van der Waals surface area contributed by atoms with E-state index in [9.17, 15) is 9.59 Å². The highest BCUT2D eigenvalue weighted by Crippen LogP contribution is 2.36. The molecule has 0 aliphatic heterocycles. The summed E-state index contributed by atoms with van der Waals surface area (Å²) in [6, 6.07) is 11.4. The molecular weight excluding hydrogens is 438 g/mol. The predicted octanol–water partition coefficient (Wildman–Crippen LogP) is 5.71. The van der Waals surface area contributed by atoms with Crippen LogP contribution in [0.1, 0.15) is 64.7 Å². The lowest BCUT2D eigenvalue weighted by Crippen LogP contribution is -2.37. The van der Waals surface area contributed by atoms with Crippen molar-refractivity contribution in [2.24, 2.45) is 0 Å². The van der Waals surface area contributed by atoms with Crippen LogP contribution in [0.2, 0.25) is 0 Å². The van der Waals surface area contributed by atoms with E-state index in [1.54, 1.807) is 22.4 Å². The van der Waals surface area contributed by atoms with Crippen molar-refractivity contribution in [1.29, 1.82) is 0 Å². The molecular formula is C25H31N3O2S2. The van der Waals surface area contributed by atoms with E-state index in [-0.39, 0.29) is 23.3 Å². The summed E-state index contributed by atoms with van der Waals surface area (Å²) >= 11 is 2.95. The molecule has 1 aromatic carbocycles. The van der Waals surface area contributed by atoms with Gasteiger partial charge in [0.2, 0.25) is 5.91 Å². The quantitative estimate of drug-likeness (QED) is 0.319. The Morgan fingerprint density at radius 1 is 1.09 bits per heavy atom. The zero-order chi connectivity index (χ0) is 22.3. The molecule has 1 N–H and O–H groups in total. The van der Waals surface area contributed by atoms with Crippen LogP contribution in [0.3, 0.4) is 0 Å². The maximum atomic E-state index is 13.1. The molecule has 7 heteroatoms. The van der Waals surface area contributed by atoms with Gasteiger partial charge in [0.25, 0.3) is 5.56 Å². The second kappa shape index (κ2) is 11.2. The van der Waals surface area contributed by atoms with Crippen LogP contribution in [-0.4, -0.2) is 27.3 Å². The van der Waals surface area contributed by atoms with Crippen molar-refractivity contribution < 1.29 is 4.79 Å². The SMILES string of the molecule is CC1=C(Sc2cc(=O)n(-c3ccccc3)c(SCC(=O)NC3CCCCC3)n2)CCCC1. The van der Waals surface area contributed by atoms with Crippen molar-refractivity contribution in [3.8, 4) is 5.69 Å². The zero-order valence-electron chi connectivity index (χ0n) is 18.6. The van der Waals surface area contributed by atoms with Gasteiger partial charge in [-0.1, -0.05) is 66.6 Å². The second-order valence-electron chi connectivity index (χ2n) is 8.59. The Bertz CT molecular complexity index is 1030. The van der Waals surface area contributed by atoms with Crippen LogP contribution in [0, 0.1) is 0 Å². The predicted molar refractivity (Wildman–Crippen MR) is 133 cm³/mol. The standard InChI is InChI=1S/C25H31N3O2S2/c1-18-10-8-9-15-21(18)32-23-16-24(30)28(20-13-6-3-7-14-20)25(27-23)31-17-22(29)26-19-11-4-2-5-12-19/h3,6-7,13-14,16,19H,2,4-5,8-12,15,17H2,1H3,(H,26,29). The van der Waals surface area contributed by atoms with Gasteiger partial charge in [-0.15, -0.1) is 0 Å². The van der Waals surface area contributed by atoms with Crippen molar-refractivity contribution in [3.63, 3.8) is 0 Å². The molecule has 0 atom stereocenters. The molecule has 1 saturated carbocycles. The van der Waals surface area contributed by atoms with Crippen LogP contribution < -0.4 is 10.9 Å². The number of nitrogens with one attached hydrogen (secondary N) is 1. The van der Waals surface area contributed by atoms with Crippen LogP contribution >= 0.6 is 23.5 Å². The highest BCUT2D eigenvalue weighted by molar-refractivity contribution is 8.03. The van der Waals surface area contributed by atoms with Crippen LogP contribution in [-0.2, 0) is 4.79 Å². The van der Waals surface area contributed by atoms with Crippen molar-refractivity contribution in [2.75, 3.05) is 5.75 Å². The number of carbonyl (C=O) groups excluding carboxylic acids is 1. The number of hydrogen-bond donors (Lipinski definition) is 1. The summed E-state index contributed by atoms with van der Waals surface area (Å²) in [5.74, 6) is 0.269. The molecule has 0 saturated heterocycles. The van der Waals surface area contributed by atoms with Crippen molar-refractivity contribution in [1.82, 2.24) is 14.9 Å². The molecule has 0 unspecified atom stereocenters. The van der Waals surface area contributed by atoms with Crippen LogP contribution in [0.5, 0.6) is 0 Å². The summed E-state index contributed by atoms with van der Waals surface area (Å²) < 4.78 is 1.62. The van der Waals surface area contributed by atoms with Gasteiger partial charge in [0.05, 0.1) is 11.4 Å². The molecule has 1 amide bonds. The number of amides is 1. The minimum Gasteiger partial charge on any atom is -0.353 e. The summed E-state index contributed by atoms with van der Waals surface area (Å²) in [4.78, 5) is 31.9. The summed E-state index contributed by atoms with van der Waals surface area (Å²) in [5.41, 5.74) is 2.05. The van der Waals surface area contributed by atoms with E-state index in [1.807, 2.05) is 30.3 Å². The van der Waals surface area contributed by atoms with Crippen LogP contribution in [0.15, 0.2) is 61.9 Å². The van der Waals surface area contributed by atoms with Gasteiger partial charge in [-0.25, -0.2) is 4.98 Å². The molecule has 0 radical (unpaired) electrons. The number of aromatic nitrogens is 2. The Kier molecular flexibility index (Phi) is 8.14. The fraction of sp³-hybridized carbons (Fsp3) is 0.480. The molecule has 32 heavy (non-hydrogen) atoms. The number of nitrogens with zero attached hydrogens (tertiary/aromatic N) is 2. The van der Waals surface area contributed by atoms with Crippen LogP contribution in [0.4, 0.5) is 0 Å². The van der Waals surface area contributed by atoms with Crippen molar-refractivity contribution in [2.45, 2.75) is 80.9 Å². The largest absolute Gasteiger partial charge is 0.353 e. The van der Waals surface area contributed by atoms with Gasteiger partial charge in [0.1, 0.15) is 5.03 Å². The lowest BCUT2D eigenvalue weighted by Gasteiger charge is -2.22. The normalized spacial score (nSPS) is 17.4. The molecule has 4 rings (SSSR count). The molecule has 2 aromatic rings. The maximum Gasteiger partial charge on any atom is 0.259 e.